The number of furan rings is 1. The molecule has 0 unspecified atom stereocenters. The molecule has 1 aromatic carbocycles. The molecule has 136 valence electrons. The topological polar surface area (TPSA) is 101 Å². The number of carbonyl (C=O) groups is 1. The van der Waals surface area contributed by atoms with Gasteiger partial charge < -0.3 is 4.42 Å². The summed E-state index contributed by atoms with van der Waals surface area (Å²) in [7, 11) is -3.31. The molecule has 0 saturated carbocycles. The number of rotatable bonds is 5. The van der Waals surface area contributed by atoms with Crippen molar-refractivity contribution < 1.29 is 17.6 Å². The highest BCUT2D eigenvalue weighted by Gasteiger charge is 2.16. The Kier molecular flexibility index (Phi) is 4.84. The first kappa shape index (κ1) is 18.2. The van der Waals surface area contributed by atoms with Gasteiger partial charge in [-0.05, 0) is 32.0 Å². The van der Waals surface area contributed by atoms with Gasteiger partial charge in [0.1, 0.15) is 5.76 Å². The Morgan fingerprint density at radius 1 is 1.19 bits per heavy atom. The summed E-state index contributed by atoms with van der Waals surface area (Å²) in [5.41, 5.74) is 2.74. The van der Waals surface area contributed by atoms with Crippen molar-refractivity contribution in [2.75, 3.05) is 16.3 Å². The van der Waals surface area contributed by atoms with Crippen LogP contribution in [0.5, 0.6) is 0 Å². The number of hydrogen-bond donors (Lipinski definition) is 2. The number of nitrogens with one attached hydrogen (secondary N) is 2. The van der Waals surface area contributed by atoms with Gasteiger partial charge in [-0.25, -0.2) is 13.4 Å². The van der Waals surface area contributed by atoms with Crippen LogP contribution in [0.25, 0.3) is 11.3 Å². The minimum absolute atomic E-state index is 0.274. The molecular weight excluding hydrogens is 374 g/mol. The Morgan fingerprint density at radius 3 is 2.46 bits per heavy atom. The van der Waals surface area contributed by atoms with Gasteiger partial charge in [0.25, 0.3) is 5.91 Å². The van der Waals surface area contributed by atoms with E-state index in [0.29, 0.717) is 22.3 Å². The maximum absolute atomic E-state index is 12.3. The molecule has 2 N–H and O–H groups in total. The van der Waals surface area contributed by atoms with Crippen LogP contribution in [0, 0.1) is 13.8 Å². The lowest BCUT2D eigenvalue weighted by Crippen LogP contribution is -2.11. The van der Waals surface area contributed by atoms with Crippen molar-refractivity contribution in [1.29, 1.82) is 0 Å². The van der Waals surface area contributed by atoms with Gasteiger partial charge >= 0.3 is 0 Å². The molecular formula is C17H17N3O4S2. The van der Waals surface area contributed by atoms with Crippen molar-refractivity contribution in [1.82, 2.24) is 4.98 Å². The van der Waals surface area contributed by atoms with Gasteiger partial charge in [-0.15, -0.1) is 11.3 Å². The number of thiazole rings is 1. The zero-order valence-corrected chi connectivity index (χ0v) is 16.0. The van der Waals surface area contributed by atoms with E-state index in [2.05, 4.69) is 15.0 Å². The molecule has 1 amide bonds. The normalized spacial score (nSPS) is 11.3. The fourth-order valence-corrected chi connectivity index (χ4v) is 3.69. The molecule has 0 atom stereocenters. The summed E-state index contributed by atoms with van der Waals surface area (Å²) in [5.74, 6) is 0.606. The lowest BCUT2D eigenvalue weighted by Gasteiger charge is -2.04. The van der Waals surface area contributed by atoms with Crippen molar-refractivity contribution >= 4 is 38.1 Å². The largest absolute Gasteiger partial charge is 0.456 e. The lowest BCUT2D eigenvalue weighted by atomic mass is 10.1. The first-order valence-electron chi connectivity index (χ1n) is 7.63. The maximum atomic E-state index is 12.3. The van der Waals surface area contributed by atoms with Crippen molar-refractivity contribution in [3.63, 3.8) is 0 Å². The van der Waals surface area contributed by atoms with Gasteiger partial charge in [0, 0.05) is 22.2 Å². The van der Waals surface area contributed by atoms with Crippen LogP contribution in [-0.4, -0.2) is 25.6 Å². The van der Waals surface area contributed by atoms with E-state index in [1.165, 1.54) is 11.3 Å². The van der Waals surface area contributed by atoms with Gasteiger partial charge in [0.15, 0.2) is 10.9 Å². The number of sulfonamides is 1. The Labute approximate surface area is 155 Å². The summed E-state index contributed by atoms with van der Waals surface area (Å²) in [5, 5.41) is 5.00. The van der Waals surface area contributed by atoms with Crippen molar-refractivity contribution in [3.8, 4) is 11.3 Å². The van der Waals surface area contributed by atoms with Crippen LogP contribution >= 0.6 is 11.3 Å². The summed E-state index contributed by atoms with van der Waals surface area (Å²) < 4.78 is 30.3. The van der Waals surface area contributed by atoms with Crippen molar-refractivity contribution in [3.05, 3.63) is 52.8 Å². The number of benzene rings is 1. The highest BCUT2D eigenvalue weighted by molar-refractivity contribution is 7.92. The number of aryl methyl sites for hydroxylation is 2. The van der Waals surface area contributed by atoms with Crippen LogP contribution in [-0.2, 0) is 10.0 Å². The third-order valence-electron chi connectivity index (χ3n) is 3.46. The Bertz CT molecular complexity index is 1050. The predicted octanol–water partition coefficient (Wildman–Crippen LogP) is 3.64. The summed E-state index contributed by atoms with van der Waals surface area (Å²) in [6, 6.07) is 8.63. The smallest absolute Gasteiger partial charge is 0.293 e. The van der Waals surface area contributed by atoms with Gasteiger partial charge in [-0.3, -0.25) is 14.8 Å². The highest BCUT2D eigenvalue weighted by atomic mass is 32.2. The molecule has 3 rings (SSSR count). The predicted molar refractivity (Wildman–Crippen MR) is 102 cm³/mol. The molecule has 3 aromatic rings. The van der Waals surface area contributed by atoms with E-state index < -0.39 is 10.0 Å². The molecule has 9 heteroatoms. The Hall–Kier alpha value is -2.65. The van der Waals surface area contributed by atoms with Crippen LogP contribution in [0.1, 0.15) is 21.9 Å². The average Bonchev–Trinajstić information content (AvgIpc) is 3.13. The molecule has 0 aliphatic heterocycles. The Morgan fingerprint density at radius 2 is 1.88 bits per heavy atom. The standard InChI is InChI=1S/C17H17N3O4S2/c1-10-8-11(2)24-15(10)16(21)19-17-18-14(9-25-17)12-4-6-13(7-5-12)20-26(3,22)23/h4-9,20H,1-3H3,(H,18,19,21). The SMILES string of the molecule is Cc1cc(C)c(C(=O)Nc2nc(-c3ccc(NS(C)(=O)=O)cc3)cs2)o1. The van der Waals surface area contributed by atoms with E-state index in [0.717, 1.165) is 17.4 Å². The second kappa shape index (κ2) is 6.93. The zero-order valence-electron chi connectivity index (χ0n) is 14.4. The number of amides is 1. The van der Waals surface area contributed by atoms with Crippen LogP contribution in [0.4, 0.5) is 10.8 Å². The molecule has 0 saturated heterocycles. The molecule has 0 spiro atoms. The van der Waals surface area contributed by atoms with Crippen molar-refractivity contribution in [2.24, 2.45) is 0 Å². The summed E-state index contributed by atoms with van der Waals surface area (Å²) in [6.45, 7) is 3.60. The molecule has 7 nitrogen and oxygen atoms in total. The fraction of sp³-hybridized carbons (Fsp3) is 0.176. The molecule has 2 heterocycles. The third-order valence-corrected chi connectivity index (χ3v) is 4.82. The second-order valence-electron chi connectivity index (χ2n) is 5.81. The number of hydrogen-bond acceptors (Lipinski definition) is 6. The highest BCUT2D eigenvalue weighted by Crippen LogP contribution is 2.27. The minimum Gasteiger partial charge on any atom is -0.456 e. The number of anilines is 2. The van der Waals surface area contributed by atoms with E-state index in [1.807, 2.05) is 12.3 Å². The number of aromatic nitrogens is 1. The summed E-state index contributed by atoms with van der Waals surface area (Å²) >= 11 is 1.30. The molecule has 0 fully saturated rings. The second-order valence-corrected chi connectivity index (χ2v) is 8.42. The van der Waals surface area contributed by atoms with Gasteiger partial charge in [-0.1, -0.05) is 12.1 Å². The van der Waals surface area contributed by atoms with Gasteiger partial charge in [-0.2, -0.15) is 0 Å². The van der Waals surface area contributed by atoms with E-state index in [9.17, 15) is 13.2 Å². The molecule has 0 radical (unpaired) electrons. The van der Waals surface area contributed by atoms with Gasteiger partial charge in [0.2, 0.25) is 10.0 Å². The van der Waals surface area contributed by atoms with Crippen LogP contribution in [0.15, 0.2) is 40.1 Å². The van der Waals surface area contributed by atoms with Crippen LogP contribution in [0.3, 0.4) is 0 Å². The fourth-order valence-electron chi connectivity index (χ4n) is 2.41. The average molecular weight is 391 g/mol. The number of nitrogens with zero attached hydrogens (tertiary/aromatic N) is 1. The molecule has 2 aromatic heterocycles. The van der Waals surface area contributed by atoms with E-state index >= 15 is 0 Å². The Balaban J connectivity index is 1.73. The first-order chi connectivity index (χ1) is 12.2. The van der Waals surface area contributed by atoms with Crippen LogP contribution < -0.4 is 10.0 Å². The molecule has 0 aliphatic carbocycles. The van der Waals surface area contributed by atoms with Crippen molar-refractivity contribution in [2.45, 2.75) is 13.8 Å². The molecule has 0 aliphatic rings. The maximum Gasteiger partial charge on any atom is 0.293 e. The number of carbonyl (C=O) groups excluding carboxylic acids is 1. The first-order valence-corrected chi connectivity index (χ1v) is 10.4. The van der Waals surface area contributed by atoms with Gasteiger partial charge in [0.05, 0.1) is 11.9 Å². The summed E-state index contributed by atoms with van der Waals surface area (Å²) in [4.78, 5) is 16.7. The third kappa shape index (κ3) is 4.30. The van der Waals surface area contributed by atoms with Crippen LogP contribution in [0.2, 0.25) is 0 Å². The monoisotopic (exact) mass is 391 g/mol. The minimum atomic E-state index is -3.31. The van der Waals surface area contributed by atoms with E-state index in [4.69, 9.17) is 4.42 Å². The quantitative estimate of drug-likeness (QED) is 0.691. The molecule has 26 heavy (non-hydrogen) atoms. The zero-order chi connectivity index (χ0) is 18.9. The van der Waals surface area contributed by atoms with E-state index in [1.54, 1.807) is 37.3 Å². The summed E-state index contributed by atoms with van der Waals surface area (Å²) in [6.07, 6.45) is 1.10. The molecule has 0 bridgehead atoms. The van der Waals surface area contributed by atoms with E-state index in [-0.39, 0.29) is 11.7 Å². The lowest BCUT2D eigenvalue weighted by molar-refractivity contribution is 0.0994.